The van der Waals surface area contributed by atoms with Crippen LogP contribution in [0.25, 0.3) is 10.9 Å². The Morgan fingerprint density at radius 3 is 2.56 bits per heavy atom. The van der Waals surface area contributed by atoms with Crippen molar-refractivity contribution in [2.45, 2.75) is 26.4 Å². The van der Waals surface area contributed by atoms with E-state index >= 15 is 0 Å². The molecule has 1 fully saturated rings. The first-order valence-electron chi connectivity index (χ1n) is 11.6. The fourth-order valence-corrected chi connectivity index (χ4v) is 4.67. The summed E-state index contributed by atoms with van der Waals surface area (Å²) >= 11 is 0. The topological polar surface area (TPSA) is 82.9 Å². The van der Waals surface area contributed by atoms with E-state index < -0.39 is 6.04 Å². The van der Waals surface area contributed by atoms with Crippen molar-refractivity contribution in [3.8, 4) is 0 Å². The van der Waals surface area contributed by atoms with Gasteiger partial charge in [-0.15, -0.1) is 5.10 Å². The molecule has 0 saturated carbocycles. The first-order chi connectivity index (χ1) is 16.5. The number of H-pyrrole nitrogens is 1. The molecule has 0 unspecified atom stereocenters. The van der Waals surface area contributed by atoms with E-state index in [-0.39, 0.29) is 11.4 Å². The van der Waals surface area contributed by atoms with Crippen LogP contribution in [-0.4, -0.2) is 67.7 Å². The van der Waals surface area contributed by atoms with Crippen LogP contribution >= 0.6 is 0 Å². The molecule has 2 aromatic heterocycles. The number of piperazine rings is 1. The minimum absolute atomic E-state index is 0.143. The Labute approximate surface area is 197 Å². The van der Waals surface area contributed by atoms with Gasteiger partial charge in [-0.1, -0.05) is 30.7 Å². The zero-order valence-corrected chi connectivity index (χ0v) is 19.4. The second-order valence-electron chi connectivity index (χ2n) is 8.84. The van der Waals surface area contributed by atoms with Crippen molar-refractivity contribution in [2.24, 2.45) is 0 Å². The fourth-order valence-electron chi connectivity index (χ4n) is 4.67. The number of tetrazole rings is 1. The highest BCUT2D eigenvalue weighted by Crippen LogP contribution is 2.28. The first-order valence-corrected chi connectivity index (χ1v) is 11.6. The second-order valence-corrected chi connectivity index (χ2v) is 8.84. The molecule has 3 heterocycles. The Bertz CT molecular complexity index is 1340. The van der Waals surface area contributed by atoms with E-state index in [1.807, 2.05) is 25.1 Å². The molecular formula is C25H28FN7O. The summed E-state index contributed by atoms with van der Waals surface area (Å²) in [5.74, 6) is 0.317. The summed E-state index contributed by atoms with van der Waals surface area (Å²) in [5, 5.41) is 13.5. The molecule has 1 aliphatic rings. The molecule has 0 radical (unpaired) electrons. The molecule has 4 aromatic rings. The molecule has 34 heavy (non-hydrogen) atoms. The molecule has 176 valence electrons. The number of hydrogen-bond acceptors (Lipinski definition) is 6. The van der Waals surface area contributed by atoms with Crippen LogP contribution in [0.1, 0.15) is 35.5 Å². The van der Waals surface area contributed by atoms with E-state index in [0.717, 1.165) is 54.8 Å². The minimum Gasteiger partial charge on any atom is -0.322 e. The number of rotatable bonds is 6. The maximum absolute atomic E-state index is 13.4. The number of nitrogens with one attached hydrogen (secondary N) is 1. The maximum atomic E-state index is 13.4. The van der Waals surface area contributed by atoms with E-state index in [4.69, 9.17) is 0 Å². The van der Waals surface area contributed by atoms with Crippen LogP contribution in [0.2, 0.25) is 0 Å². The monoisotopic (exact) mass is 461 g/mol. The summed E-state index contributed by atoms with van der Waals surface area (Å²) in [6, 6.07) is 13.9. The third kappa shape index (κ3) is 4.49. The number of halogens is 1. The average Bonchev–Trinajstić information content (AvgIpc) is 3.29. The third-order valence-corrected chi connectivity index (χ3v) is 6.59. The Kier molecular flexibility index (Phi) is 6.21. The Balaban J connectivity index is 1.59. The fraction of sp³-hybridized carbons (Fsp3) is 0.360. The van der Waals surface area contributed by atoms with E-state index in [2.05, 4.69) is 43.3 Å². The van der Waals surface area contributed by atoms with E-state index in [1.54, 1.807) is 16.8 Å². The summed E-state index contributed by atoms with van der Waals surface area (Å²) in [7, 11) is 0. The van der Waals surface area contributed by atoms with E-state index in [9.17, 15) is 9.18 Å². The molecule has 2 aromatic carbocycles. The molecule has 0 spiro atoms. The van der Waals surface area contributed by atoms with Gasteiger partial charge in [-0.25, -0.2) is 9.07 Å². The highest BCUT2D eigenvalue weighted by molar-refractivity contribution is 5.79. The first kappa shape index (κ1) is 22.4. The predicted octanol–water partition coefficient (Wildman–Crippen LogP) is 2.74. The number of likely N-dealkylation sites (N-methyl/N-ethyl adjacent to an activating group) is 1. The van der Waals surface area contributed by atoms with Crippen molar-refractivity contribution >= 4 is 10.9 Å². The number of benzene rings is 2. The zero-order chi connectivity index (χ0) is 23.7. The Morgan fingerprint density at radius 1 is 1.06 bits per heavy atom. The van der Waals surface area contributed by atoms with Crippen molar-refractivity contribution in [1.29, 1.82) is 0 Å². The molecule has 0 amide bonds. The van der Waals surface area contributed by atoms with E-state index in [0.29, 0.717) is 17.9 Å². The molecule has 0 aliphatic carbocycles. The van der Waals surface area contributed by atoms with Gasteiger partial charge in [0.25, 0.3) is 5.56 Å². The summed E-state index contributed by atoms with van der Waals surface area (Å²) in [6.45, 7) is 9.01. The van der Waals surface area contributed by atoms with Crippen LogP contribution in [0.5, 0.6) is 0 Å². The van der Waals surface area contributed by atoms with Crippen molar-refractivity contribution in [1.82, 2.24) is 35.0 Å². The van der Waals surface area contributed by atoms with Crippen molar-refractivity contribution in [3.63, 3.8) is 0 Å². The van der Waals surface area contributed by atoms with Gasteiger partial charge in [-0.05, 0) is 65.2 Å². The number of aromatic amines is 1. The molecule has 1 N–H and O–H groups in total. The second kappa shape index (κ2) is 9.44. The quantitative estimate of drug-likeness (QED) is 0.476. The van der Waals surface area contributed by atoms with Crippen molar-refractivity contribution in [2.75, 3.05) is 32.7 Å². The number of aromatic nitrogens is 5. The highest BCUT2D eigenvalue weighted by atomic mass is 19.1. The average molecular weight is 462 g/mol. The van der Waals surface area contributed by atoms with Gasteiger partial charge >= 0.3 is 0 Å². The number of hydrogen-bond donors (Lipinski definition) is 1. The summed E-state index contributed by atoms with van der Waals surface area (Å²) in [5.41, 5.74) is 3.29. The van der Waals surface area contributed by atoms with Crippen molar-refractivity contribution in [3.05, 3.63) is 87.2 Å². The largest absolute Gasteiger partial charge is 0.322 e. The molecular weight excluding hydrogens is 433 g/mol. The maximum Gasteiger partial charge on any atom is 0.253 e. The van der Waals surface area contributed by atoms with E-state index in [1.165, 1.54) is 12.1 Å². The number of pyridine rings is 1. The van der Waals surface area contributed by atoms with Gasteiger partial charge in [0.2, 0.25) is 0 Å². The van der Waals surface area contributed by atoms with Gasteiger partial charge < -0.3 is 9.88 Å². The molecule has 1 atom stereocenters. The van der Waals surface area contributed by atoms with Gasteiger partial charge in [0.15, 0.2) is 5.82 Å². The minimum atomic E-state index is -0.400. The van der Waals surface area contributed by atoms with Gasteiger partial charge in [-0.2, -0.15) is 0 Å². The number of fused-ring (bicyclic) bond motifs is 1. The third-order valence-electron chi connectivity index (χ3n) is 6.59. The molecule has 1 saturated heterocycles. The molecule has 0 bridgehead atoms. The van der Waals surface area contributed by atoms with Crippen LogP contribution in [0, 0.1) is 12.7 Å². The lowest BCUT2D eigenvalue weighted by atomic mass is 10.0. The molecule has 9 heteroatoms. The Hall–Kier alpha value is -3.43. The number of aryl methyl sites for hydroxylation is 1. The van der Waals surface area contributed by atoms with Gasteiger partial charge in [0.05, 0.1) is 6.54 Å². The van der Waals surface area contributed by atoms with Crippen LogP contribution in [0.15, 0.2) is 53.3 Å². The highest BCUT2D eigenvalue weighted by Gasteiger charge is 2.32. The SMILES string of the molecule is CCN1CCN([C@H](c2cc3cc(C)ccc3[nH]c2=O)c2nnnn2Cc2ccc(F)cc2)CC1. The number of nitrogens with zero attached hydrogens (tertiary/aromatic N) is 6. The standard InChI is InChI=1S/C25H28FN7O/c1-3-31-10-12-32(13-11-31)23(21-15-19-14-17(2)4-9-22(19)27-25(21)34)24-28-29-30-33(24)16-18-5-7-20(26)8-6-18/h4-9,14-15,23H,3,10-13,16H2,1-2H3,(H,27,34)/t23-/m1/s1. The van der Waals surface area contributed by atoms with Crippen LogP contribution in [-0.2, 0) is 6.54 Å². The van der Waals surface area contributed by atoms with Crippen LogP contribution < -0.4 is 5.56 Å². The van der Waals surface area contributed by atoms with Crippen LogP contribution in [0.4, 0.5) is 4.39 Å². The molecule has 5 rings (SSSR count). The smallest absolute Gasteiger partial charge is 0.253 e. The predicted molar refractivity (Wildman–Crippen MR) is 128 cm³/mol. The molecule has 8 nitrogen and oxygen atoms in total. The van der Waals surface area contributed by atoms with Gasteiger partial charge in [0.1, 0.15) is 11.9 Å². The zero-order valence-electron chi connectivity index (χ0n) is 19.4. The molecule has 1 aliphatic heterocycles. The van der Waals surface area contributed by atoms with Gasteiger partial charge in [-0.3, -0.25) is 9.69 Å². The summed E-state index contributed by atoms with van der Waals surface area (Å²) in [4.78, 5) is 21.0. The summed E-state index contributed by atoms with van der Waals surface area (Å²) < 4.78 is 15.1. The lowest BCUT2D eigenvalue weighted by molar-refractivity contribution is 0.108. The lowest BCUT2D eigenvalue weighted by Crippen LogP contribution is -2.49. The summed E-state index contributed by atoms with van der Waals surface area (Å²) in [6.07, 6.45) is 0. The Morgan fingerprint density at radius 2 is 1.82 bits per heavy atom. The van der Waals surface area contributed by atoms with Crippen molar-refractivity contribution < 1.29 is 4.39 Å². The van der Waals surface area contributed by atoms with Crippen LogP contribution in [0.3, 0.4) is 0 Å². The normalized spacial score (nSPS) is 16.2. The van der Waals surface area contributed by atoms with Gasteiger partial charge in [0, 0.05) is 37.3 Å². The lowest BCUT2D eigenvalue weighted by Gasteiger charge is -2.38.